The molecule has 2 aromatic rings. The van der Waals surface area contributed by atoms with Gasteiger partial charge in [0.25, 0.3) is 0 Å². The monoisotopic (exact) mass is 457 g/mol. The molecule has 0 aliphatic carbocycles. The van der Waals surface area contributed by atoms with E-state index in [2.05, 4.69) is 39.4 Å². The number of oxazole rings is 1. The van der Waals surface area contributed by atoms with E-state index >= 15 is 0 Å². The van der Waals surface area contributed by atoms with E-state index in [1.165, 1.54) is 0 Å². The maximum absolute atomic E-state index is 5.54. The van der Waals surface area contributed by atoms with E-state index in [1.807, 2.05) is 30.3 Å². The van der Waals surface area contributed by atoms with Crippen LogP contribution in [0, 0.1) is 0 Å². The minimum absolute atomic E-state index is 0. The summed E-state index contributed by atoms with van der Waals surface area (Å²) in [5.74, 6) is 1.41. The number of nitrogens with one attached hydrogen (secondary N) is 2. The second kappa shape index (κ2) is 11.9. The van der Waals surface area contributed by atoms with Crippen LogP contribution in [0.3, 0.4) is 0 Å². The number of rotatable bonds is 8. The van der Waals surface area contributed by atoms with Crippen LogP contribution in [-0.2, 0) is 6.54 Å². The molecule has 0 atom stereocenters. The van der Waals surface area contributed by atoms with Gasteiger partial charge in [-0.25, -0.2) is 4.98 Å². The number of likely N-dealkylation sites (N-methyl/N-ethyl adjacent to an activating group) is 1. The molecule has 0 aliphatic heterocycles. The summed E-state index contributed by atoms with van der Waals surface area (Å²) in [6.07, 6.45) is 1.68. The van der Waals surface area contributed by atoms with E-state index in [0.29, 0.717) is 12.4 Å². The van der Waals surface area contributed by atoms with Gasteiger partial charge in [0.2, 0.25) is 5.89 Å². The first-order chi connectivity index (χ1) is 11.8. The zero-order chi connectivity index (χ0) is 17.2. The third kappa shape index (κ3) is 7.03. The van der Waals surface area contributed by atoms with E-state index in [9.17, 15) is 0 Å². The van der Waals surface area contributed by atoms with Crippen molar-refractivity contribution < 1.29 is 4.42 Å². The molecule has 6 nitrogen and oxygen atoms in total. The van der Waals surface area contributed by atoms with Crippen molar-refractivity contribution in [2.45, 2.75) is 20.4 Å². The second-order valence-corrected chi connectivity index (χ2v) is 5.39. The summed E-state index contributed by atoms with van der Waals surface area (Å²) in [4.78, 5) is 11.1. The van der Waals surface area contributed by atoms with Crippen LogP contribution in [0.15, 0.2) is 46.0 Å². The Bertz CT molecular complexity index is 625. The molecule has 0 radical (unpaired) electrons. The molecule has 138 valence electrons. The van der Waals surface area contributed by atoms with Crippen LogP contribution in [0.2, 0.25) is 0 Å². The van der Waals surface area contributed by atoms with Crippen LogP contribution < -0.4 is 10.6 Å². The first-order valence-corrected chi connectivity index (χ1v) is 8.43. The zero-order valence-electron chi connectivity index (χ0n) is 15.2. The fourth-order valence-corrected chi connectivity index (χ4v) is 2.37. The fourth-order valence-electron chi connectivity index (χ4n) is 2.37. The number of aromatic nitrogens is 1. The van der Waals surface area contributed by atoms with Crippen molar-refractivity contribution in [2.75, 3.05) is 33.2 Å². The number of aliphatic imine (C=N–C) groups is 1. The lowest BCUT2D eigenvalue weighted by Gasteiger charge is -2.19. The van der Waals surface area contributed by atoms with Gasteiger partial charge in [-0.05, 0) is 25.2 Å². The molecule has 0 amide bonds. The lowest BCUT2D eigenvalue weighted by Crippen LogP contribution is -2.41. The summed E-state index contributed by atoms with van der Waals surface area (Å²) < 4.78 is 5.54. The Labute approximate surface area is 167 Å². The van der Waals surface area contributed by atoms with Crippen LogP contribution in [0.5, 0.6) is 0 Å². The van der Waals surface area contributed by atoms with Gasteiger partial charge in [-0.15, -0.1) is 24.0 Å². The van der Waals surface area contributed by atoms with Gasteiger partial charge in [-0.1, -0.05) is 32.0 Å². The van der Waals surface area contributed by atoms with Gasteiger partial charge in [-0.2, -0.15) is 0 Å². The SMILES string of the molecule is CCN(CC)CCNC(=NC)NCc1coc(-c2ccccc2)n1.I. The minimum Gasteiger partial charge on any atom is -0.444 e. The molecule has 1 aromatic heterocycles. The minimum atomic E-state index is 0. The highest BCUT2D eigenvalue weighted by atomic mass is 127. The van der Waals surface area contributed by atoms with Crippen molar-refractivity contribution in [1.82, 2.24) is 20.5 Å². The quantitative estimate of drug-likeness (QED) is 0.363. The largest absolute Gasteiger partial charge is 0.444 e. The van der Waals surface area contributed by atoms with Crippen molar-refractivity contribution in [2.24, 2.45) is 4.99 Å². The predicted molar refractivity (Wildman–Crippen MR) is 113 cm³/mol. The normalized spacial score (nSPS) is 11.3. The third-order valence-corrected chi connectivity index (χ3v) is 3.85. The van der Waals surface area contributed by atoms with Gasteiger partial charge in [0.15, 0.2) is 5.96 Å². The standard InChI is InChI=1S/C18H27N5O.HI/c1-4-23(5-2)12-11-20-18(19-3)21-13-16-14-24-17(22-16)15-9-7-6-8-10-15;/h6-10,14H,4-5,11-13H2,1-3H3,(H2,19,20,21);1H. The molecule has 1 aromatic carbocycles. The van der Waals surface area contributed by atoms with Gasteiger partial charge < -0.3 is 20.0 Å². The van der Waals surface area contributed by atoms with Gasteiger partial charge in [0.05, 0.1) is 12.2 Å². The highest BCUT2D eigenvalue weighted by Crippen LogP contribution is 2.17. The van der Waals surface area contributed by atoms with E-state index < -0.39 is 0 Å². The summed E-state index contributed by atoms with van der Waals surface area (Å²) in [5, 5.41) is 6.57. The van der Waals surface area contributed by atoms with Crippen molar-refractivity contribution in [3.63, 3.8) is 0 Å². The molecule has 25 heavy (non-hydrogen) atoms. The third-order valence-electron chi connectivity index (χ3n) is 3.85. The smallest absolute Gasteiger partial charge is 0.226 e. The molecule has 2 N–H and O–H groups in total. The Morgan fingerprint density at radius 3 is 2.52 bits per heavy atom. The molecule has 0 fully saturated rings. The number of halogens is 1. The van der Waals surface area contributed by atoms with E-state index in [0.717, 1.165) is 43.4 Å². The van der Waals surface area contributed by atoms with Gasteiger partial charge in [-0.3, -0.25) is 4.99 Å². The Morgan fingerprint density at radius 2 is 1.88 bits per heavy atom. The van der Waals surface area contributed by atoms with Gasteiger partial charge in [0, 0.05) is 25.7 Å². The zero-order valence-corrected chi connectivity index (χ0v) is 17.5. The molecule has 1 heterocycles. The van der Waals surface area contributed by atoms with Crippen molar-refractivity contribution in [3.05, 3.63) is 42.3 Å². The van der Waals surface area contributed by atoms with E-state index in [4.69, 9.17) is 4.42 Å². The summed E-state index contributed by atoms with van der Waals surface area (Å²) >= 11 is 0. The van der Waals surface area contributed by atoms with Crippen LogP contribution in [0.4, 0.5) is 0 Å². The van der Waals surface area contributed by atoms with Crippen LogP contribution in [-0.4, -0.2) is 49.1 Å². The number of benzene rings is 1. The average Bonchev–Trinajstić information content (AvgIpc) is 3.11. The number of nitrogens with zero attached hydrogens (tertiary/aromatic N) is 3. The number of guanidine groups is 1. The summed E-state index contributed by atoms with van der Waals surface area (Å²) in [7, 11) is 1.77. The number of hydrogen-bond donors (Lipinski definition) is 2. The molecular formula is C18H28IN5O. The molecular weight excluding hydrogens is 429 g/mol. The Balaban J connectivity index is 0.00000312. The molecule has 0 spiro atoms. The second-order valence-electron chi connectivity index (χ2n) is 5.39. The van der Waals surface area contributed by atoms with E-state index in [-0.39, 0.29) is 24.0 Å². The predicted octanol–water partition coefficient (Wildman–Crippen LogP) is 2.97. The molecule has 0 saturated heterocycles. The van der Waals surface area contributed by atoms with Crippen molar-refractivity contribution in [1.29, 1.82) is 0 Å². The number of hydrogen-bond acceptors (Lipinski definition) is 4. The molecule has 0 saturated carbocycles. The Kier molecular flexibility index (Phi) is 10.2. The van der Waals surface area contributed by atoms with Gasteiger partial charge in [0.1, 0.15) is 6.26 Å². The van der Waals surface area contributed by atoms with Gasteiger partial charge >= 0.3 is 0 Å². The highest BCUT2D eigenvalue weighted by Gasteiger charge is 2.07. The molecule has 7 heteroatoms. The van der Waals surface area contributed by atoms with Crippen LogP contribution >= 0.6 is 24.0 Å². The fraction of sp³-hybridized carbons (Fsp3) is 0.444. The van der Waals surface area contributed by atoms with Crippen LogP contribution in [0.1, 0.15) is 19.5 Å². The first-order valence-electron chi connectivity index (χ1n) is 8.43. The molecule has 0 bridgehead atoms. The maximum atomic E-state index is 5.54. The summed E-state index contributed by atoms with van der Waals surface area (Å²) in [6, 6.07) is 9.88. The maximum Gasteiger partial charge on any atom is 0.226 e. The Morgan fingerprint density at radius 1 is 1.16 bits per heavy atom. The highest BCUT2D eigenvalue weighted by molar-refractivity contribution is 14.0. The first kappa shape index (κ1) is 21.4. The lowest BCUT2D eigenvalue weighted by atomic mass is 10.2. The summed E-state index contributed by atoms with van der Waals surface area (Å²) in [6.45, 7) is 8.89. The lowest BCUT2D eigenvalue weighted by molar-refractivity contribution is 0.308. The van der Waals surface area contributed by atoms with E-state index in [1.54, 1.807) is 13.3 Å². The summed E-state index contributed by atoms with van der Waals surface area (Å²) in [5.41, 5.74) is 1.83. The van der Waals surface area contributed by atoms with Crippen LogP contribution in [0.25, 0.3) is 11.5 Å². The van der Waals surface area contributed by atoms with Crippen molar-refractivity contribution in [3.8, 4) is 11.5 Å². The molecule has 0 unspecified atom stereocenters. The average molecular weight is 457 g/mol. The Hall–Kier alpha value is -1.61. The van der Waals surface area contributed by atoms with Crippen molar-refractivity contribution >= 4 is 29.9 Å². The topological polar surface area (TPSA) is 65.7 Å². The molecule has 0 aliphatic rings. The molecule has 2 rings (SSSR count).